The molecule has 1 unspecified atom stereocenters. The molecule has 5 aromatic rings. The number of nitrogens with one attached hydrogen (secondary N) is 1. The summed E-state index contributed by atoms with van der Waals surface area (Å²) in [6.45, 7) is 2.08. The number of para-hydroxylation sites is 1. The van der Waals surface area contributed by atoms with Crippen LogP contribution in [0.3, 0.4) is 0 Å². The van der Waals surface area contributed by atoms with Crippen molar-refractivity contribution >= 4 is 27.6 Å². The molecule has 1 aromatic heterocycles. The highest BCUT2D eigenvalue weighted by atomic mass is 16.1. The Kier molecular flexibility index (Phi) is 4.12. The van der Waals surface area contributed by atoms with Gasteiger partial charge in [-0.15, -0.1) is 0 Å². The third kappa shape index (κ3) is 2.82. The third-order valence-corrected chi connectivity index (χ3v) is 6.64. The summed E-state index contributed by atoms with van der Waals surface area (Å²) in [4.78, 5) is 30.1. The van der Waals surface area contributed by atoms with Gasteiger partial charge < -0.3 is 4.98 Å². The van der Waals surface area contributed by atoms with Crippen LogP contribution in [0.5, 0.6) is 0 Å². The fraction of sp³-hybridized carbons (Fsp3) is 0.103. The minimum Gasteiger partial charge on any atom is -0.354 e. The summed E-state index contributed by atoms with van der Waals surface area (Å²) >= 11 is 0. The van der Waals surface area contributed by atoms with Gasteiger partial charge in [-0.2, -0.15) is 0 Å². The molecule has 0 amide bonds. The van der Waals surface area contributed by atoms with E-state index in [0.717, 1.165) is 28.6 Å². The molecule has 1 aliphatic rings. The SMILES string of the molecule is Cc1ccc(CC2c3ccccc3C(=O)c3cc4[nH]c5ccccc5c(=O)c4cc32)cc1. The lowest BCUT2D eigenvalue weighted by molar-refractivity contribution is 0.103. The van der Waals surface area contributed by atoms with E-state index in [4.69, 9.17) is 0 Å². The molecule has 4 aromatic carbocycles. The first-order valence-electron chi connectivity index (χ1n) is 10.9. The van der Waals surface area contributed by atoms with E-state index in [-0.39, 0.29) is 17.1 Å². The van der Waals surface area contributed by atoms with Crippen LogP contribution < -0.4 is 5.43 Å². The molecule has 1 heterocycles. The van der Waals surface area contributed by atoms with Crippen molar-refractivity contribution in [3.05, 3.63) is 129 Å². The highest BCUT2D eigenvalue weighted by Gasteiger charge is 2.31. The second kappa shape index (κ2) is 7.03. The largest absolute Gasteiger partial charge is 0.354 e. The van der Waals surface area contributed by atoms with Crippen molar-refractivity contribution in [2.24, 2.45) is 0 Å². The Labute approximate surface area is 185 Å². The van der Waals surface area contributed by atoms with E-state index in [0.29, 0.717) is 21.9 Å². The Morgan fingerprint density at radius 3 is 2.31 bits per heavy atom. The van der Waals surface area contributed by atoms with Crippen LogP contribution >= 0.6 is 0 Å². The molecule has 6 rings (SSSR count). The fourth-order valence-corrected chi connectivity index (χ4v) is 4.97. The maximum absolute atomic E-state index is 13.5. The van der Waals surface area contributed by atoms with E-state index in [9.17, 15) is 9.59 Å². The van der Waals surface area contributed by atoms with Crippen LogP contribution in [-0.4, -0.2) is 10.8 Å². The molecule has 0 aliphatic heterocycles. The van der Waals surface area contributed by atoms with E-state index >= 15 is 0 Å². The quantitative estimate of drug-likeness (QED) is 0.365. The normalized spacial score (nSPS) is 15.0. The minimum absolute atomic E-state index is 0.00227. The van der Waals surface area contributed by atoms with Crippen molar-refractivity contribution in [3.63, 3.8) is 0 Å². The molecule has 0 fully saturated rings. The van der Waals surface area contributed by atoms with Gasteiger partial charge in [-0.3, -0.25) is 9.59 Å². The van der Waals surface area contributed by atoms with Gasteiger partial charge in [0.1, 0.15) is 0 Å². The Hall–Kier alpha value is -3.98. The maximum atomic E-state index is 13.5. The van der Waals surface area contributed by atoms with Gasteiger partial charge in [-0.1, -0.05) is 66.2 Å². The molecule has 0 spiro atoms. The summed E-state index contributed by atoms with van der Waals surface area (Å²) in [5.74, 6) is 0.0311. The molecule has 32 heavy (non-hydrogen) atoms. The zero-order chi connectivity index (χ0) is 21.8. The number of benzene rings is 4. The Morgan fingerprint density at radius 2 is 1.47 bits per heavy atom. The Balaban J connectivity index is 1.62. The van der Waals surface area contributed by atoms with Gasteiger partial charge in [0.25, 0.3) is 0 Å². The lowest BCUT2D eigenvalue weighted by Crippen LogP contribution is -2.22. The van der Waals surface area contributed by atoms with E-state index in [1.165, 1.54) is 11.1 Å². The molecule has 1 atom stereocenters. The van der Waals surface area contributed by atoms with Crippen molar-refractivity contribution in [1.82, 2.24) is 4.98 Å². The average molecular weight is 415 g/mol. The monoisotopic (exact) mass is 415 g/mol. The highest BCUT2D eigenvalue weighted by molar-refractivity contribution is 6.14. The molecule has 0 saturated carbocycles. The lowest BCUT2D eigenvalue weighted by Gasteiger charge is -2.28. The molecule has 1 N–H and O–H groups in total. The summed E-state index contributed by atoms with van der Waals surface area (Å²) in [7, 11) is 0. The van der Waals surface area contributed by atoms with Crippen LogP contribution in [0.1, 0.15) is 44.1 Å². The van der Waals surface area contributed by atoms with Crippen LogP contribution in [0.4, 0.5) is 0 Å². The molecule has 154 valence electrons. The van der Waals surface area contributed by atoms with Crippen molar-refractivity contribution in [2.45, 2.75) is 19.3 Å². The van der Waals surface area contributed by atoms with Crippen LogP contribution in [0.2, 0.25) is 0 Å². The molecule has 3 heteroatoms. The second-order valence-corrected chi connectivity index (χ2v) is 8.64. The Morgan fingerprint density at radius 1 is 0.719 bits per heavy atom. The number of hydrogen-bond acceptors (Lipinski definition) is 2. The zero-order valence-electron chi connectivity index (χ0n) is 17.7. The lowest BCUT2D eigenvalue weighted by atomic mass is 9.74. The van der Waals surface area contributed by atoms with E-state index < -0.39 is 0 Å². The molecule has 1 aliphatic carbocycles. The number of H-pyrrole nitrogens is 1. The van der Waals surface area contributed by atoms with Crippen molar-refractivity contribution < 1.29 is 4.79 Å². The molecular weight excluding hydrogens is 394 g/mol. The predicted octanol–water partition coefficient (Wildman–Crippen LogP) is 5.91. The second-order valence-electron chi connectivity index (χ2n) is 8.64. The topological polar surface area (TPSA) is 49.9 Å². The molecular formula is C29H21NO2. The van der Waals surface area contributed by atoms with Crippen molar-refractivity contribution in [1.29, 1.82) is 0 Å². The number of aryl methyl sites for hydroxylation is 1. The number of fused-ring (bicyclic) bond motifs is 4. The summed E-state index contributed by atoms with van der Waals surface area (Å²) in [5.41, 5.74) is 7.31. The summed E-state index contributed by atoms with van der Waals surface area (Å²) in [6.07, 6.45) is 0.772. The molecule has 3 nitrogen and oxygen atoms in total. The fourth-order valence-electron chi connectivity index (χ4n) is 4.97. The van der Waals surface area contributed by atoms with Gasteiger partial charge in [0.05, 0.1) is 5.52 Å². The van der Waals surface area contributed by atoms with Crippen LogP contribution in [-0.2, 0) is 6.42 Å². The first-order valence-corrected chi connectivity index (χ1v) is 10.9. The number of carbonyl (C=O) groups excluding carboxylic acids is 1. The van der Waals surface area contributed by atoms with Gasteiger partial charge in [-0.05, 0) is 54.3 Å². The van der Waals surface area contributed by atoms with Gasteiger partial charge in [0.2, 0.25) is 0 Å². The van der Waals surface area contributed by atoms with Gasteiger partial charge in [-0.25, -0.2) is 0 Å². The van der Waals surface area contributed by atoms with E-state index in [2.05, 4.69) is 36.2 Å². The number of hydrogen-bond donors (Lipinski definition) is 1. The predicted molar refractivity (Wildman–Crippen MR) is 129 cm³/mol. The summed E-state index contributed by atoms with van der Waals surface area (Å²) < 4.78 is 0. The van der Waals surface area contributed by atoms with Crippen molar-refractivity contribution in [3.8, 4) is 0 Å². The summed E-state index contributed by atoms with van der Waals surface area (Å²) in [5, 5.41) is 1.29. The highest BCUT2D eigenvalue weighted by Crippen LogP contribution is 2.40. The maximum Gasteiger partial charge on any atom is 0.197 e. The van der Waals surface area contributed by atoms with Crippen molar-refractivity contribution in [2.75, 3.05) is 0 Å². The van der Waals surface area contributed by atoms with Crippen LogP contribution in [0.15, 0.2) is 89.7 Å². The standard InChI is InChI=1S/C29H21NO2/c1-17-10-12-18(13-11-17)14-22-19-6-2-3-7-20(19)28(31)24-16-27-25(15-23(22)24)29(32)21-8-4-5-9-26(21)30-27/h2-13,15-16,22H,14H2,1H3,(H,30,32). The molecule has 0 radical (unpaired) electrons. The first kappa shape index (κ1) is 18.8. The number of aromatic amines is 1. The smallest absolute Gasteiger partial charge is 0.197 e. The zero-order valence-corrected chi connectivity index (χ0v) is 17.7. The van der Waals surface area contributed by atoms with Gasteiger partial charge in [0, 0.05) is 33.3 Å². The van der Waals surface area contributed by atoms with Crippen LogP contribution in [0.25, 0.3) is 21.8 Å². The number of aromatic nitrogens is 1. The summed E-state index contributed by atoms with van der Waals surface area (Å²) in [6, 6.07) is 27.7. The number of carbonyl (C=O) groups is 1. The number of ketones is 1. The van der Waals surface area contributed by atoms with E-state index in [1.54, 1.807) is 0 Å². The minimum atomic E-state index is -0.00227. The van der Waals surface area contributed by atoms with Gasteiger partial charge >= 0.3 is 0 Å². The average Bonchev–Trinajstić information content (AvgIpc) is 2.82. The van der Waals surface area contributed by atoms with Crippen LogP contribution in [0, 0.1) is 6.92 Å². The van der Waals surface area contributed by atoms with E-state index in [1.807, 2.05) is 60.7 Å². The number of rotatable bonds is 2. The Bertz CT molecular complexity index is 1590. The first-order chi connectivity index (χ1) is 15.6. The third-order valence-electron chi connectivity index (χ3n) is 6.64. The number of pyridine rings is 1. The molecule has 0 bridgehead atoms. The molecule has 0 saturated heterocycles. The van der Waals surface area contributed by atoms with Gasteiger partial charge in [0.15, 0.2) is 11.2 Å².